The van der Waals surface area contributed by atoms with E-state index >= 15 is 0 Å². The molecule has 0 aliphatic rings. The second kappa shape index (κ2) is 6.69. The molecule has 1 heterocycles. The maximum Gasteiger partial charge on any atom is 0.123 e. The van der Waals surface area contributed by atoms with Crippen LogP contribution < -0.4 is 0 Å². The fraction of sp³-hybridized carbons (Fsp3) is 0.375. The third kappa shape index (κ3) is 3.42. The summed E-state index contributed by atoms with van der Waals surface area (Å²) in [5, 5.41) is 0. The predicted molar refractivity (Wildman–Crippen MR) is 79.9 cm³/mol. The molecule has 0 amide bonds. The van der Waals surface area contributed by atoms with Crippen LogP contribution >= 0.6 is 11.3 Å². The molecular weight excluding hydrogens is 243 g/mol. The zero-order chi connectivity index (χ0) is 13.7. The minimum Gasteiger partial charge on any atom is -0.207 e. The lowest BCUT2D eigenvalue weighted by Crippen LogP contribution is -1.82. The van der Waals surface area contributed by atoms with Gasteiger partial charge in [-0.15, -0.1) is 11.3 Å². The van der Waals surface area contributed by atoms with Crippen molar-refractivity contribution in [3.63, 3.8) is 0 Å². The highest BCUT2D eigenvalue weighted by molar-refractivity contribution is 7.15. The average Bonchev–Trinajstić information content (AvgIpc) is 2.75. The molecule has 0 atom stereocenters. The van der Waals surface area contributed by atoms with Gasteiger partial charge in [-0.3, -0.25) is 0 Å². The smallest absolute Gasteiger partial charge is 0.123 e. The Labute approximate surface area is 113 Å². The molecule has 0 bridgehead atoms. The Morgan fingerprint density at radius 2 is 1.61 bits per heavy atom. The number of aryl methyl sites for hydroxylation is 1. The summed E-state index contributed by atoms with van der Waals surface area (Å²) < 4.78 is 12.8. The highest BCUT2D eigenvalue weighted by Gasteiger charge is 2.10. The van der Waals surface area contributed by atoms with Crippen LogP contribution in [0.2, 0.25) is 0 Å². The summed E-state index contributed by atoms with van der Waals surface area (Å²) >= 11 is 1.80. The van der Waals surface area contributed by atoms with E-state index in [2.05, 4.69) is 26.8 Å². The fourth-order valence-corrected chi connectivity index (χ4v) is 3.01. The van der Waals surface area contributed by atoms with Gasteiger partial charge in [0.05, 0.1) is 0 Å². The second-order valence-electron chi connectivity index (χ2n) is 4.32. The van der Waals surface area contributed by atoms with Crippen LogP contribution in [0.15, 0.2) is 30.3 Å². The van der Waals surface area contributed by atoms with E-state index < -0.39 is 0 Å². The van der Waals surface area contributed by atoms with Crippen LogP contribution in [0.5, 0.6) is 0 Å². The molecule has 2 aromatic rings. The fourth-order valence-electron chi connectivity index (χ4n) is 1.83. The first-order valence-electron chi connectivity index (χ1n) is 6.44. The molecule has 1 aromatic carbocycles. The molecule has 98 valence electrons. The summed E-state index contributed by atoms with van der Waals surface area (Å²) in [7, 11) is 0. The minimum absolute atomic E-state index is 0.180. The molecule has 2 heteroatoms. The molecular formula is C16H21FS. The van der Waals surface area contributed by atoms with Gasteiger partial charge in [0.2, 0.25) is 0 Å². The maximum atomic E-state index is 12.8. The van der Waals surface area contributed by atoms with Gasteiger partial charge in [-0.1, -0.05) is 39.8 Å². The van der Waals surface area contributed by atoms with E-state index in [9.17, 15) is 4.39 Å². The Kier molecular flexibility index (Phi) is 5.54. The van der Waals surface area contributed by atoms with Crippen molar-refractivity contribution >= 4 is 11.3 Å². The molecule has 0 fully saturated rings. The van der Waals surface area contributed by atoms with Gasteiger partial charge in [0.15, 0.2) is 0 Å². The topological polar surface area (TPSA) is 0 Å². The van der Waals surface area contributed by atoms with Gasteiger partial charge in [-0.2, -0.15) is 0 Å². The average molecular weight is 264 g/mol. The quantitative estimate of drug-likeness (QED) is 0.623. The summed E-state index contributed by atoms with van der Waals surface area (Å²) in [4.78, 5) is 2.64. The van der Waals surface area contributed by atoms with Crippen LogP contribution in [0.4, 0.5) is 4.39 Å². The summed E-state index contributed by atoms with van der Waals surface area (Å²) in [6, 6.07) is 8.89. The molecule has 0 aliphatic heterocycles. The van der Waals surface area contributed by atoms with Crippen molar-refractivity contribution in [3.8, 4) is 10.4 Å². The lowest BCUT2D eigenvalue weighted by atomic mass is 10.1. The highest BCUT2D eigenvalue weighted by Crippen LogP contribution is 2.35. The zero-order valence-electron chi connectivity index (χ0n) is 11.8. The molecule has 18 heavy (non-hydrogen) atoms. The molecule has 0 aliphatic carbocycles. The standard InChI is InChI=1S/C14H15FS.C2H6/c1-9(2)14-10(3)8-13(16-14)11-4-6-12(15)7-5-11;1-2/h4-9H,1-3H3;1-2H3. The number of halogens is 1. The van der Waals surface area contributed by atoms with Gasteiger partial charge < -0.3 is 0 Å². The predicted octanol–water partition coefficient (Wildman–Crippen LogP) is 6.01. The van der Waals surface area contributed by atoms with Gasteiger partial charge in [0.1, 0.15) is 5.82 Å². The van der Waals surface area contributed by atoms with Crippen LogP contribution in [0.3, 0.4) is 0 Å². The van der Waals surface area contributed by atoms with Crippen LogP contribution in [0.25, 0.3) is 10.4 Å². The van der Waals surface area contributed by atoms with Gasteiger partial charge in [-0.05, 0) is 42.2 Å². The number of thiophene rings is 1. The van der Waals surface area contributed by atoms with E-state index in [1.807, 2.05) is 26.0 Å². The van der Waals surface area contributed by atoms with Gasteiger partial charge in [-0.25, -0.2) is 4.39 Å². The Balaban J connectivity index is 0.000000771. The van der Waals surface area contributed by atoms with E-state index in [1.54, 1.807) is 11.3 Å². The number of rotatable bonds is 2. The number of hydrogen-bond donors (Lipinski definition) is 0. The van der Waals surface area contributed by atoms with Crippen LogP contribution in [-0.4, -0.2) is 0 Å². The highest BCUT2D eigenvalue weighted by atomic mass is 32.1. The normalized spacial score (nSPS) is 10.2. The van der Waals surface area contributed by atoms with E-state index in [0.717, 1.165) is 5.56 Å². The Morgan fingerprint density at radius 1 is 1.06 bits per heavy atom. The second-order valence-corrected chi connectivity index (χ2v) is 5.40. The molecule has 0 spiro atoms. The van der Waals surface area contributed by atoms with Crippen LogP contribution in [-0.2, 0) is 0 Å². The van der Waals surface area contributed by atoms with Crippen LogP contribution in [0.1, 0.15) is 44.1 Å². The van der Waals surface area contributed by atoms with Crippen molar-refractivity contribution in [1.82, 2.24) is 0 Å². The summed E-state index contributed by atoms with van der Waals surface area (Å²) in [6.07, 6.45) is 0. The van der Waals surface area contributed by atoms with Crippen molar-refractivity contribution in [1.29, 1.82) is 0 Å². The van der Waals surface area contributed by atoms with Crippen LogP contribution in [0, 0.1) is 12.7 Å². The number of benzene rings is 1. The Morgan fingerprint density at radius 3 is 2.06 bits per heavy atom. The summed E-state index contributed by atoms with van der Waals surface area (Å²) in [5.74, 6) is 0.375. The van der Waals surface area contributed by atoms with Gasteiger partial charge in [0, 0.05) is 9.75 Å². The molecule has 0 radical (unpaired) electrons. The van der Waals surface area contributed by atoms with Crippen molar-refractivity contribution < 1.29 is 4.39 Å². The van der Waals surface area contributed by atoms with Crippen molar-refractivity contribution in [2.45, 2.75) is 40.5 Å². The molecule has 2 rings (SSSR count). The van der Waals surface area contributed by atoms with E-state index in [-0.39, 0.29) is 5.82 Å². The third-order valence-electron chi connectivity index (χ3n) is 2.61. The first-order valence-corrected chi connectivity index (χ1v) is 7.26. The SMILES string of the molecule is CC.Cc1cc(-c2ccc(F)cc2)sc1C(C)C. The minimum atomic E-state index is -0.180. The van der Waals surface area contributed by atoms with Crippen molar-refractivity contribution in [2.24, 2.45) is 0 Å². The molecule has 0 saturated carbocycles. The lowest BCUT2D eigenvalue weighted by molar-refractivity contribution is 0.628. The first kappa shape index (κ1) is 14.9. The third-order valence-corrected chi connectivity index (χ3v) is 4.20. The van der Waals surface area contributed by atoms with Gasteiger partial charge >= 0.3 is 0 Å². The molecule has 0 N–H and O–H groups in total. The molecule has 1 aromatic heterocycles. The zero-order valence-corrected chi connectivity index (χ0v) is 12.6. The monoisotopic (exact) mass is 264 g/mol. The van der Waals surface area contributed by atoms with E-state index in [1.165, 1.54) is 27.5 Å². The Bertz CT molecular complexity index is 480. The van der Waals surface area contributed by atoms with E-state index in [4.69, 9.17) is 0 Å². The summed E-state index contributed by atoms with van der Waals surface area (Å²) in [5.41, 5.74) is 2.43. The van der Waals surface area contributed by atoms with Crippen molar-refractivity contribution in [3.05, 3.63) is 46.6 Å². The summed E-state index contributed by atoms with van der Waals surface area (Å²) in [6.45, 7) is 10.5. The molecule has 0 nitrogen and oxygen atoms in total. The van der Waals surface area contributed by atoms with Crippen molar-refractivity contribution in [2.75, 3.05) is 0 Å². The Hall–Kier alpha value is -1.15. The molecule has 0 saturated heterocycles. The largest absolute Gasteiger partial charge is 0.207 e. The lowest BCUT2D eigenvalue weighted by Gasteiger charge is -2.01. The van der Waals surface area contributed by atoms with Gasteiger partial charge in [0.25, 0.3) is 0 Å². The molecule has 0 unspecified atom stereocenters. The maximum absolute atomic E-state index is 12.8. The number of hydrogen-bond acceptors (Lipinski definition) is 1. The first-order chi connectivity index (χ1) is 8.58. The van der Waals surface area contributed by atoms with E-state index in [0.29, 0.717) is 5.92 Å².